The van der Waals surface area contributed by atoms with Gasteiger partial charge in [-0.05, 0) is 74.2 Å². The van der Waals surface area contributed by atoms with E-state index in [0.29, 0.717) is 18.4 Å². The SMILES string of the molecule is CCC(COC1CCCCO1)C1CCNC(C(O)C2CC(=O)Nc3ccc(OC)cc32)C1. The number of anilines is 1. The number of hydrogen-bond donors (Lipinski definition) is 3. The molecule has 1 aromatic rings. The minimum absolute atomic E-state index is 0.0496. The summed E-state index contributed by atoms with van der Waals surface area (Å²) in [6, 6.07) is 5.59. The third-order valence-corrected chi connectivity index (χ3v) is 7.47. The summed E-state index contributed by atoms with van der Waals surface area (Å²) >= 11 is 0. The maximum absolute atomic E-state index is 12.3. The summed E-state index contributed by atoms with van der Waals surface area (Å²) in [6.45, 7) is 4.59. The lowest BCUT2D eigenvalue weighted by Crippen LogP contribution is -2.50. The first-order valence-corrected chi connectivity index (χ1v) is 12.2. The molecule has 1 amide bonds. The van der Waals surface area contributed by atoms with Crippen LogP contribution in [-0.2, 0) is 14.3 Å². The summed E-state index contributed by atoms with van der Waals surface area (Å²) < 4.78 is 17.2. The molecule has 0 bridgehead atoms. The molecule has 3 aliphatic heterocycles. The molecule has 2 fully saturated rings. The lowest BCUT2D eigenvalue weighted by Gasteiger charge is -2.40. The Kier molecular flexibility index (Phi) is 8.05. The predicted octanol–water partition coefficient (Wildman–Crippen LogP) is 3.42. The topological polar surface area (TPSA) is 89.0 Å². The fraction of sp³-hybridized carbons (Fsp3) is 0.720. The van der Waals surface area contributed by atoms with Crippen molar-refractivity contribution in [1.29, 1.82) is 0 Å². The number of ether oxygens (including phenoxy) is 3. The van der Waals surface area contributed by atoms with Gasteiger partial charge in [-0.15, -0.1) is 0 Å². The highest BCUT2D eigenvalue weighted by molar-refractivity contribution is 5.95. The van der Waals surface area contributed by atoms with Crippen molar-refractivity contribution in [2.75, 3.05) is 32.2 Å². The van der Waals surface area contributed by atoms with E-state index in [4.69, 9.17) is 14.2 Å². The highest BCUT2D eigenvalue weighted by Crippen LogP contribution is 2.40. The van der Waals surface area contributed by atoms with Crippen molar-refractivity contribution in [3.8, 4) is 5.75 Å². The Morgan fingerprint density at radius 1 is 1.28 bits per heavy atom. The number of carbonyl (C=O) groups is 1. The van der Waals surface area contributed by atoms with Crippen molar-refractivity contribution in [2.45, 2.75) is 76.2 Å². The van der Waals surface area contributed by atoms with E-state index in [9.17, 15) is 9.90 Å². The third kappa shape index (κ3) is 5.45. The molecule has 178 valence electrons. The van der Waals surface area contributed by atoms with Crippen LogP contribution in [0, 0.1) is 11.8 Å². The molecular weight excluding hydrogens is 408 g/mol. The van der Waals surface area contributed by atoms with Crippen LogP contribution in [0.25, 0.3) is 0 Å². The van der Waals surface area contributed by atoms with Crippen molar-refractivity contribution >= 4 is 11.6 Å². The number of piperidine rings is 1. The van der Waals surface area contributed by atoms with Crippen LogP contribution < -0.4 is 15.4 Å². The van der Waals surface area contributed by atoms with Gasteiger partial charge in [0.2, 0.25) is 5.91 Å². The summed E-state index contributed by atoms with van der Waals surface area (Å²) in [5, 5.41) is 17.9. The van der Waals surface area contributed by atoms with Crippen LogP contribution in [0.3, 0.4) is 0 Å². The molecule has 6 atom stereocenters. The van der Waals surface area contributed by atoms with E-state index < -0.39 is 6.10 Å². The molecule has 32 heavy (non-hydrogen) atoms. The van der Waals surface area contributed by atoms with Crippen LogP contribution >= 0.6 is 0 Å². The van der Waals surface area contributed by atoms with Gasteiger partial charge in [0.1, 0.15) is 5.75 Å². The second-order valence-corrected chi connectivity index (χ2v) is 9.45. The molecule has 0 spiro atoms. The van der Waals surface area contributed by atoms with Gasteiger partial charge >= 0.3 is 0 Å². The molecule has 0 aliphatic carbocycles. The Morgan fingerprint density at radius 2 is 2.16 bits per heavy atom. The van der Waals surface area contributed by atoms with Gasteiger partial charge in [-0.2, -0.15) is 0 Å². The Morgan fingerprint density at radius 3 is 2.91 bits per heavy atom. The molecule has 7 nitrogen and oxygen atoms in total. The fourth-order valence-corrected chi connectivity index (χ4v) is 5.52. The molecule has 0 aromatic heterocycles. The number of nitrogens with one attached hydrogen (secondary N) is 2. The summed E-state index contributed by atoms with van der Waals surface area (Å²) in [4.78, 5) is 12.3. The monoisotopic (exact) mass is 446 g/mol. The van der Waals surface area contributed by atoms with E-state index in [-0.39, 0.29) is 30.6 Å². The predicted molar refractivity (Wildman–Crippen MR) is 123 cm³/mol. The fourth-order valence-electron chi connectivity index (χ4n) is 5.52. The molecule has 7 heteroatoms. The van der Waals surface area contributed by atoms with Crippen LogP contribution in [0.15, 0.2) is 18.2 Å². The van der Waals surface area contributed by atoms with Gasteiger partial charge in [-0.25, -0.2) is 0 Å². The highest BCUT2D eigenvalue weighted by Gasteiger charge is 2.38. The molecule has 0 saturated carbocycles. The largest absolute Gasteiger partial charge is 0.497 e. The number of carbonyl (C=O) groups excluding carboxylic acids is 1. The highest BCUT2D eigenvalue weighted by atomic mass is 16.7. The van der Waals surface area contributed by atoms with E-state index in [1.165, 1.54) is 6.42 Å². The summed E-state index contributed by atoms with van der Waals surface area (Å²) in [6.07, 6.45) is 5.86. The van der Waals surface area contributed by atoms with Crippen molar-refractivity contribution < 1.29 is 24.1 Å². The minimum Gasteiger partial charge on any atom is -0.497 e. The Balaban J connectivity index is 1.41. The lowest BCUT2D eigenvalue weighted by atomic mass is 9.75. The molecule has 0 radical (unpaired) electrons. The van der Waals surface area contributed by atoms with Crippen molar-refractivity contribution in [3.63, 3.8) is 0 Å². The third-order valence-electron chi connectivity index (χ3n) is 7.47. The van der Waals surface area contributed by atoms with Gasteiger partial charge in [0, 0.05) is 30.7 Å². The summed E-state index contributed by atoms with van der Waals surface area (Å²) in [5.74, 6) is 1.36. The van der Waals surface area contributed by atoms with Crippen LogP contribution in [0.5, 0.6) is 5.75 Å². The molecule has 3 N–H and O–H groups in total. The van der Waals surface area contributed by atoms with Crippen LogP contribution in [0.1, 0.15) is 63.4 Å². The molecule has 4 rings (SSSR count). The Bertz CT molecular complexity index is 767. The minimum atomic E-state index is -0.644. The molecular formula is C25H38N2O5. The van der Waals surface area contributed by atoms with Gasteiger partial charge < -0.3 is 30.0 Å². The Hall–Kier alpha value is -1.67. The van der Waals surface area contributed by atoms with E-state index in [1.54, 1.807) is 7.11 Å². The second kappa shape index (κ2) is 11.0. The standard InChI is InChI=1S/C25H38N2O5/c1-3-16(15-32-24-6-4-5-11-31-24)17-9-10-26-22(12-17)25(29)20-14-23(28)27-21-8-7-18(30-2)13-19(20)21/h7-8,13,16-17,20,22,24-26,29H,3-6,9-12,14-15H2,1-2H3,(H,27,28). The summed E-state index contributed by atoms with van der Waals surface area (Å²) in [5.41, 5.74) is 1.72. The maximum Gasteiger partial charge on any atom is 0.225 e. The first-order valence-electron chi connectivity index (χ1n) is 12.2. The number of rotatable bonds is 8. The number of aliphatic hydroxyl groups is 1. The van der Waals surface area contributed by atoms with Gasteiger partial charge in [0.05, 0.1) is 19.8 Å². The second-order valence-electron chi connectivity index (χ2n) is 9.45. The van der Waals surface area contributed by atoms with E-state index in [2.05, 4.69) is 17.6 Å². The first-order chi connectivity index (χ1) is 15.6. The number of aliphatic hydroxyl groups excluding tert-OH is 1. The van der Waals surface area contributed by atoms with Crippen LogP contribution in [-0.4, -0.2) is 56.3 Å². The first kappa shape index (κ1) is 23.5. The quantitative estimate of drug-likeness (QED) is 0.567. The lowest BCUT2D eigenvalue weighted by molar-refractivity contribution is -0.172. The van der Waals surface area contributed by atoms with E-state index in [1.807, 2.05) is 18.2 Å². The smallest absolute Gasteiger partial charge is 0.225 e. The average molecular weight is 447 g/mol. The molecule has 1 aromatic carbocycles. The zero-order chi connectivity index (χ0) is 22.5. The van der Waals surface area contributed by atoms with Crippen molar-refractivity contribution in [1.82, 2.24) is 5.32 Å². The van der Waals surface area contributed by atoms with Crippen LogP contribution in [0.4, 0.5) is 5.69 Å². The number of benzene rings is 1. The number of amides is 1. The van der Waals surface area contributed by atoms with Gasteiger partial charge in [-0.3, -0.25) is 4.79 Å². The summed E-state index contributed by atoms with van der Waals surface area (Å²) in [7, 11) is 1.63. The molecule has 3 aliphatic rings. The van der Waals surface area contributed by atoms with Crippen molar-refractivity contribution in [3.05, 3.63) is 23.8 Å². The number of hydrogen-bond acceptors (Lipinski definition) is 6. The van der Waals surface area contributed by atoms with Gasteiger partial charge in [0.25, 0.3) is 0 Å². The maximum atomic E-state index is 12.3. The number of methoxy groups -OCH3 is 1. The normalized spacial score (nSPS) is 30.2. The number of fused-ring (bicyclic) bond motifs is 1. The van der Waals surface area contributed by atoms with Gasteiger partial charge in [-0.1, -0.05) is 13.3 Å². The van der Waals surface area contributed by atoms with Crippen LogP contribution in [0.2, 0.25) is 0 Å². The zero-order valence-corrected chi connectivity index (χ0v) is 19.3. The average Bonchev–Trinajstić information content (AvgIpc) is 2.84. The van der Waals surface area contributed by atoms with E-state index in [0.717, 1.165) is 62.3 Å². The molecule has 6 unspecified atom stereocenters. The van der Waals surface area contributed by atoms with E-state index >= 15 is 0 Å². The van der Waals surface area contributed by atoms with Crippen molar-refractivity contribution in [2.24, 2.45) is 11.8 Å². The zero-order valence-electron chi connectivity index (χ0n) is 19.3. The Labute approximate surface area is 191 Å². The molecule has 3 heterocycles. The molecule has 2 saturated heterocycles. The van der Waals surface area contributed by atoms with Gasteiger partial charge in [0.15, 0.2) is 6.29 Å².